The highest BCUT2D eigenvalue weighted by molar-refractivity contribution is 9.11. The van der Waals surface area contributed by atoms with Crippen LogP contribution in [0.2, 0.25) is 0 Å². The fraction of sp³-hybridized carbons (Fsp3) is 0.571. The number of hydrogen-bond donors (Lipinski definition) is 1. The van der Waals surface area contributed by atoms with Crippen molar-refractivity contribution < 1.29 is 0 Å². The second kappa shape index (κ2) is 6.76. The van der Waals surface area contributed by atoms with Gasteiger partial charge in [-0.2, -0.15) is 0 Å². The van der Waals surface area contributed by atoms with Gasteiger partial charge in [-0.15, -0.1) is 0 Å². The molecule has 1 N–H and O–H groups in total. The zero-order valence-corrected chi connectivity index (χ0v) is 15.2. The summed E-state index contributed by atoms with van der Waals surface area (Å²) in [6, 6.07) is 4.79. The molecule has 0 spiro atoms. The third-order valence-electron chi connectivity index (χ3n) is 3.78. The van der Waals surface area contributed by atoms with Gasteiger partial charge in [0.05, 0.1) is 5.69 Å². The van der Waals surface area contributed by atoms with Gasteiger partial charge >= 0.3 is 0 Å². The molecule has 100 valence electrons. The van der Waals surface area contributed by atoms with Crippen molar-refractivity contribution in [2.45, 2.75) is 45.1 Å². The molecule has 0 saturated heterocycles. The average Bonchev–Trinajstić information content (AvgIpc) is 2.34. The molecule has 2 rings (SSSR count). The van der Waals surface area contributed by atoms with E-state index in [9.17, 15) is 0 Å². The van der Waals surface area contributed by atoms with E-state index in [1.807, 2.05) is 0 Å². The maximum Gasteiger partial charge on any atom is 0.0631 e. The van der Waals surface area contributed by atoms with Crippen LogP contribution in [0.1, 0.15) is 39.0 Å². The molecule has 1 aliphatic carbocycles. The Kier molecular flexibility index (Phi) is 5.58. The monoisotopic (exact) mass is 437 g/mol. The smallest absolute Gasteiger partial charge is 0.0631 e. The lowest BCUT2D eigenvalue weighted by Gasteiger charge is -2.29. The molecule has 0 aromatic heterocycles. The van der Waals surface area contributed by atoms with Gasteiger partial charge in [0, 0.05) is 19.5 Å². The van der Waals surface area contributed by atoms with Crippen molar-refractivity contribution in [1.82, 2.24) is 0 Å². The average molecular weight is 440 g/mol. The maximum atomic E-state index is 3.67. The third-order valence-corrected chi connectivity index (χ3v) is 5.49. The summed E-state index contributed by atoms with van der Waals surface area (Å²) in [4.78, 5) is 0. The second-order valence-corrected chi connectivity index (χ2v) is 7.64. The first-order valence-electron chi connectivity index (χ1n) is 6.51. The number of nitrogens with one attached hydrogen (secondary N) is 1. The Bertz CT molecular complexity index is 388. The maximum absolute atomic E-state index is 3.67. The second-order valence-electron chi connectivity index (χ2n) is 5.01. The van der Waals surface area contributed by atoms with E-state index < -0.39 is 0 Å². The zero-order chi connectivity index (χ0) is 13.1. The summed E-state index contributed by atoms with van der Waals surface area (Å²) in [7, 11) is 0. The van der Waals surface area contributed by atoms with Crippen molar-refractivity contribution in [1.29, 1.82) is 0 Å². The fourth-order valence-electron chi connectivity index (χ4n) is 2.60. The molecule has 1 fully saturated rings. The summed E-state index contributed by atoms with van der Waals surface area (Å²) in [5, 5.41) is 3.67. The van der Waals surface area contributed by atoms with Crippen LogP contribution < -0.4 is 5.32 Å². The summed E-state index contributed by atoms with van der Waals surface area (Å²) in [6.45, 7) is 2.31. The van der Waals surface area contributed by atoms with Crippen molar-refractivity contribution in [2.75, 3.05) is 5.32 Å². The van der Waals surface area contributed by atoms with Crippen LogP contribution in [0.15, 0.2) is 25.6 Å². The molecule has 0 radical (unpaired) electrons. The number of anilines is 1. The van der Waals surface area contributed by atoms with Gasteiger partial charge in [-0.05, 0) is 75.6 Å². The molecule has 1 aliphatic rings. The Morgan fingerprint density at radius 2 is 1.61 bits per heavy atom. The first kappa shape index (κ1) is 14.9. The van der Waals surface area contributed by atoms with E-state index in [0.717, 1.165) is 19.3 Å². The normalized spacial score (nSPS) is 24.0. The zero-order valence-electron chi connectivity index (χ0n) is 10.5. The van der Waals surface area contributed by atoms with Gasteiger partial charge in [-0.1, -0.05) is 29.3 Å². The first-order valence-corrected chi connectivity index (χ1v) is 8.89. The van der Waals surface area contributed by atoms with E-state index in [-0.39, 0.29) is 0 Å². The lowest BCUT2D eigenvalue weighted by Crippen LogP contribution is -2.26. The van der Waals surface area contributed by atoms with Crippen molar-refractivity contribution in [3.63, 3.8) is 0 Å². The molecule has 18 heavy (non-hydrogen) atoms. The molecule has 0 bridgehead atoms. The number of hydrogen-bond acceptors (Lipinski definition) is 1. The largest absolute Gasteiger partial charge is 0.380 e. The molecular formula is C14H18Br3N. The minimum Gasteiger partial charge on any atom is -0.380 e. The molecule has 1 aromatic carbocycles. The molecule has 1 saturated carbocycles. The van der Waals surface area contributed by atoms with Crippen LogP contribution in [0.5, 0.6) is 0 Å². The van der Waals surface area contributed by atoms with Crippen LogP contribution in [0.3, 0.4) is 0 Å². The lowest BCUT2D eigenvalue weighted by atomic mass is 9.84. The Hall–Kier alpha value is 0.460. The van der Waals surface area contributed by atoms with Gasteiger partial charge in [0.15, 0.2) is 0 Å². The first-order chi connectivity index (χ1) is 8.60. The molecule has 0 aliphatic heterocycles. The molecule has 0 amide bonds. The van der Waals surface area contributed by atoms with Gasteiger partial charge in [0.2, 0.25) is 0 Å². The van der Waals surface area contributed by atoms with Crippen LogP contribution in [0, 0.1) is 5.92 Å². The minimum atomic E-state index is 0.613. The summed E-state index contributed by atoms with van der Waals surface area (Å²) in [6.07, 6.45) is 6.62. The SMILES string of the molecule is CCC1CCC(Nc2c(Br)cc(Br)cc2Br)CC1. The summed E-state index contributed by atoms with van der Waals surface area (Å²) in [5.74, 6) is 0.944. The van der Waals surface area contributed by atoms with Crippen LogP contribution in [0.25, 0.3) is 0 Å². The summed E-state index contributed by atoms with van der Waals surface area (Å²) < 4.78 is 3.31. The molecule has 1 nitrogen and oxygen atoms in total. The number of rotatable bonds is 3. The fourth-order valence-corrected chi connectivity index (χ4v) is 5.09. The van der Waals surface area contributed by atoms with E-state index in [1.165, 1.54) is 37.8 Å². The van der Waals surface area contributed by atoms with Crippen LogP contribution >= 0.6 is 47.8 Å². The molecule has 0 unspecified atom stereocenters. The van der Waals surface area contributed by atoms with E-state index >= 15 is 0 Å². The van der Waals surface area contributed by atoms with E-state index in [2.05, 4.69) is 72.2 Å². The molecular weight excluding hydrogens is 422 g/mol. The quantitative estimate of drug-likeness (QED) is 0.578. The highest BCUT2D eigenvalue weighted by Crippen LogP contribution is 2.37. The Balaban J connectivity index is 2.02. The highest BCUT2D eigenvalue weighted by atomic mass is 79.9. The van der Waals surface area contributed by atoms with Gasteiger partial charge in [0.25, 0.3) is 0 Å². The Morgan fingerprint density at radius 1 is 1.06 bits per heavy atom. The van der Waals surface area contributed by atoms with Crippen LogP contribution in [0.4, 0.5) is 5.69 Å². The van der Waals surface area contributed by atoms with Gasteiger partial charge < -0.3 is 5.32 Å². The molecule has 1 aromatic rings. The highest BCUT2D eigenvalue weighted by Gasteiger charge is 2.21. The third kappa shape index (κ3) is 3.73. The summed E-state index contributed by atoms with van der Waals surface area (Å²) >= 11 is 10.8. The lowest BCUT2D eigenvalue weighted by molar-refractivity contribution is 0.330. The standard InChI is InChI=1S/C14H18Br3N/c1-2-9-3-5-11(6-4-9)18-14-12(16)7-10(15)8-13(14)17/h7-9,11,18H,2-6H2,1H3. The number of halogens is 3. The van der Waals surface area contributed by atoms with Crippen LogP contribution in [-0.4, -0.2) is 6.04 Å². The van der Waals surface area contributed by atoms with Gasteiger partial charge in [-0.25, -0.2) is 0 Å². The molecule has 4 heteroatoms. The minimum absolute atomic E-state index is 0.613. The van der Waals surface area contributed by atoms with Crippen molar-refractivity contribution in [2.24, 2.45) is 5.92 Å². The van der Waals surface area contributed by atoms with Crippen molar-refractivity contribution in [3.05, 3.63) is 25.6 Å². The predicted molar refractivity (Wildman–Crippen MR) is 89.2 cm³/mol. The molecule has 0 atom stereocenters. The number of benzene rings is 1. The van der Waals surface area contributed by atoms with E-state index in [1.54, 1.807) is 0 Å². The Labute approximate surface area is 134 Å². The molecule has 0 heterocycles. The van der Waals surface area contributed by atoms with E-state index in [4.69, 9.17) is 0 Å². The van der Waals surface area contributed by atoms with Gasteiger partial charge in [-0.3, -0.25) is 0 Å². The van der Waals surface area contributed by atoms with Crippen molar-refractivity contribution >= 4 is 53.5 Å². The predicted octanol–water partition coefficient (Wildman–Crippen LogP) is 6.35. The van der Waals surface area contributed by atoms with E-state index in [0.29, 0.717) is 6.04 Å². The van der Waals surface area contributed by atoms with Gasteiger partial charge in [0.1, 0.15) is 0 Å². The Morgan fingerprint density at radius 3 is 2.11 bits per heavy atom. The topological polar surface area (TPSA) is 12.0 Å². The van der Waals surface area contributed by atoms with Crippen LogP contribution in [-0.2, 0) is 0 Å². The summed E-state index contributed by atoms with van der Waals surface area (Å²) in [5.41, 5.74) is 1.18. The van der Waals surface area contributed by atoms with Crippen molar-refractivity contribution in [3.8, 4) is 0 Å².